The number of hydrogen-bond donors (Lipinski definition) is 2. The van der Waals surface area contributed by atoms with E-state index in [1.807, 2.05) is 24.3 Å². The van der Waals surface area contributed by atoms with Crippen LogP contribution < -0.4 is 31.1 Å². The van der Waals surface area contributed by atoms with Gasteiger partial charge in [0.25, 0.3) is 0 Å². The van der Waals surface area contributed by atoms with Gasteiger partial charge >= 0.3 is 20.1 Å². The number of carboxylic acid groups (broad SMARTS) is 4. The molecule has 0 saturated carbocycles. The largest absolute Gasteiger partial charge is 4.00 e. The SMILES string of the molecule is CCCCc1ccc(NC(=O)CN(CC(=O)[O-])CC(=O)[O-])cc1.CCCCc1ccc(NC(=O)CN(CC(=O)[O-])CC(=O)[O-])cc1.[99Tc+4]. The van der Waals surface area contributed by atoms with Gasteiger partial charge < -0.3 is 50.2 Å². The van der Waals surface area contributed by atoms with Crippen LogP contribution >= 0.6 is 0 Å². The number of unbranched alkanes of at least 4 members (excludes halogenated alkanes) is 2. The van der Waals surface area contributed by atoms with E-state index in [0.29, 0.717) is 11.4 Å². The Bertz CT molecular complexity index is 1160. The molecule has 255 valence electrons. The van der Waals surface area contributed by atoms with Crippen molar-refractivity contribution >= 4 is 47.1 Å². The van der Waals surface area contributed by atoms with E-state index in [0.717, 1.165) is 48.3 Å². The second-order valence-electron chi connectivity index (χ2n) is 10.5. The Labute approximate surface area is 287 Å². The molecule has 0 spiro atoms. The second kappa shape index (κ2) is 24.1. The molecule has 1 radical (unpaired) electrons. The summed E-state index contributed by atoms with van der Waals surface area (Å²) in [4.78, 5) is 67.8. The first-order valence-corrected chi connectivity index (χ1v) is 14.8. The second-order valence-corrected chi connectivity index (χ2v) is 10.5. The molecule has 0 aliphatic heterocycles. The van der Waals surface area contributed by atoms with Crippen molar-refractivity contribution in [3.8, 4) is 0 Å². The average molecular weight is 740 g/mol. The molecule has 14 nitrogen and oxygen atoms in total. The zero-order valence-electron chi connectivity index (χ0n) is 26.5. The Morgan fingerprint density at radius 3 is 1.02 bits per heavy atom. The van der Waals surface area contributed by atoms with Crippen LogP contribution in [-0.4, -0.2) is 84.8 Å². The first-order valence-electron chi connectivity index (χ1n) is 14.8. The molecule has 0 fully saturated rings. The number of carboxylic acids is 4. The number of rotatable bonds is 20. The van der Waals surface area contributed by atoms with E-state index >= 15 is 0 Å². The van der Waals surface area contributed by atoms with Gasteiger partial charge in [0.1, 0.15) is 0 Å². The first kappa shape index (κ1) is 42.8. The minimum atomic E-state index is -1.46. The number of carbonyl (C=O) groups excluding carboxylic acids is 6. The standard InChI is InChI=1S/2C16H22N2O5.Tc/c2*1-2-3-4-12-5-7-13(8-6-12)17-14(19)9-18(10-15(20)21)11-16(22)23;/h2*5-8H,2-4,9-11H2,1H3,(H,17,19)(H,20,21)(H,22,23);/q;;+4/p-4/i;;1+1. The van der Waals surface area contributed by atoms with Gasteiger partial charge in [0.2, 0.25) is 11.8 Å². The fraction of sp³-hybridized carbons (Fsp3) is 0.438. The van der Waals surface area contributed by atoms with Crippen LogP contribution in [0.5, 0.6) is 0 Å². The minimum absolute atomic E-state index is 0. The van der Waals surface area contributed by atoms with Crippen molar-refractivity contribution in [1.82, 2.24) is 9.80 Å². The van der Waals surface area contributed by atoms with E-state index in [-0.39, 0.29) is 33.2 Å². The molecule has 0 unspecified atom stereocenters. The predicted molar refractivity (Wildman–Crippen MR) is 160 cm³/mol. The molecule has 0 aliphatic carbocycles. The molecule has 0 bridgehead atoms. The Hall–Kier alpha value is -4.17. The van der Waals surface area contributed by atoms with Crippen molar-refractivity contribution in [2.75, 3.05) is 49.9 Å². The maximum Gasteiger partial charge on any atom is 4.00 e. The molecule has 0 heterocycles. The summed E-state index contributed by atoms with van der Waals surface area (Å²) in [6.45, 7) is 0.849. The van der Waals surface area contributed by atoms with Crippen molar-refractivity contribution in [2.24, 2.45) is 0 Å². The third-order valence-corrected chi connectivity index (χ3v) is 6.26. The van der Waals surface area contributed by atoms with Crippen LogP contribution in [0.15, 0.2) is 48.5 Å². The Morgan fingerprint density at radius 1 is 0.511 bits per heavy atom. The molecule has 0 aliphatic rings. The topological polar surface area (TPSA) is 225 Å². The van der Waals surface area contributed by atoms with Crippen LogP contribution in [0, 0.1) is 0 Å². The minimum Gasteiger partial charge on any atom is -0.549 e. The molecule has 0 saturated heterocycles. The van der Waals surface area contributed by atoms with Crippen molar-refractivity contribution in [3.05, 3.63) is 59.7 Å². The van der Waals surface area contributed by atoms with Crippen molar-refractivity contribution in [3.63, 3.8) is 0 Å². The zero-order valence-corrected chi connectivity index (χ0v) is 28.3. The Morgan fingerprint density at radius 2 is 0.787 bits per heavy atom. The molecule has 0 aromatic heterocycles. The molecular weight excluding hydrogens is 699 g/mol. The average Bonchev–Trinajstić information content (AvgIpc) is 2.95. The van der Waals surface area contributed by atoms with E-state index in [4.69, 9.17) is 0 Å². The molecule has 2 aromatic rings. The van der Waals surface area contributed by atoms with Gasteiger partial charge in [0.15, 0.2) is 0 Å². The fourth-order valence-electron chi connectivity index (χ4n) is 4.14. The van der Waals surface area contributed by atoms with Crippen LogP contribution in [0.4, 0.5) is 11.4 Å². The number of nitrogens with one attached hydrogen (secondary N) is 2. The summed E-state index contributed by atoms with van der Waals surface area (Å²) in [6, 6.07) is 14.7. The van der Waals surface area contributed by atoms with Crippen LogP contribution in [0.3, 0.4) is 0 Å². The molecule has 2 amide bonds. The van der Waals surface area contributed by atoms with Gasteiger partial charge in [0, 0.05) is 37.6 Å². The van der Waals surface area contributed by atoms with E-state index in [1.165, 1.54) is 11.1 Å². The molecule has 2 aromatic carbocycles. The third kappa shape index (κ3) is 21.3. The first-order chi connectivity index (χ1) is 21.8. The number of carbonyl (C=O) groups is 6. The van der Waals surface area contributed by atoms with Gasteiger partial charge in [0.05, 0.1) is 37.0 Å². The van der Waals surface area contributed by atoms with E-state index in [2.05, 4.69) is 24.5 Å². The summed E-state index contributed by atoms with van der Waals surface area (Å²) < 4.78 is 0. The number of benzene rings is 2. The molecule has 15 heteroatoms. The number of nitrogens with zero attached hydrogens (tertiary/aromatic N) is 2. The van der Waals surface area contributed by atoms with Gasteiger partial charge in [-0.1, -0.05) is 51.0 Å². The molecular formula is C32H40N4O10Tc. The normalized spacial score (nSPS) is 10.3. The molecule has 2 N–H and O–H groups in total. The van der Waals surface area contributed by atoms with E-state index in [9.17, 15) is 49.2 Å². The van der Waals surface area contributed by atoms with Crippen LogP contribution in [0.25, 0.3) is 0 Å². The number of aryl methyl sites for hydroxylation is 2. The monoisotopic (exact) mass is 739 g/mol. The molecule has 2 rings (SSSR count). The quantitative estimate of drug-likeness (QED) is 0.144. The summed E-state index contributed by atoms with van der Waals surface area (Å²) in [5.41, 5.74) is 3.47. The summed E-state index contributed by atoms with van der Waals surface area (Å²) in [5.74, 6) is -6.85. The summed E-state index contributed by atoms with van der Waals surface area (Å²) in [7, 11) is 0. The zero-order chi connectivity index (χ0) is 34.5. The van der Waals surface area contributed by atoms with Crippen LogP contribution in [0.1, 0.15) is 50.7 Å². The maximum absolute atomic E-state index is 11.9. The van der Waals surface area contributed by atoms with Crippen molar-refractivity contribution < 1.29 is 69.3 Å². The number of aliphatic carboxylic acids is 4. The van der Waals surface area contributed by atoms with Crippen molar-refractivity contribution in [1.29, 1.82) is 0 Å². The molecule has 0 atom stereocenters. The Kier molecular flexibility index (Phi) is 21.9. The van der Waals surface area contributed by atoms with Gasteiger partial charge in [-0.3, -0.25) is 19.4 Å². The summed E-state index contributed by atoms with van der Waals surface area (Å²) >= 11 is 0. The summed E-state index contributed by atoms with van der Waals surface area (Å²) in [5, 5.41) is 47.4. The van der Waals surface area contributed by atoms with Crippen LogP contribution in [0.2, 0.25) is 0 Å². The fourth-order valence-corrected chi connectivity index (χ4v) is 4.14. The van der Waals surface area contributed by atoms with E-state index in [1.54, 1.807) is 24.3 Å². The predicted octanol–water partition coefficient (Wildman–Crippen LogP) is -2.46. The van der Waals surface area contributed by atoms with Gasteiger partial charge in [-0.15, -0.1) is 0 Å². The number of hydrogen-bond acceptors (Lipinski definition) is 12. The maximum atomic E-state index is 11.9. The van der Waals surface area contributed by atoms with Gasteiger partial charge in [-0.2, -0.15) is 0 Å². The molecule has 47 heavy (non-hydrogen) atoms. The van der Waals surface area contributed by atoms with Crippen LogP contribution in [-0.2, 0) is 61.7 Å². The third-order valence-electron chi connectivity index (χ3n) is 6.26. The van der Waals surface area contributed by atoms with Gasteiger partial charge in [-0.25, -0.2) is 0 Å². The number of amides is 2. The summed E-state index contributed by atoms with van der Waals surface area (Å²) in [6.07, 6.45) is 6.32. The smallest absolute Gasteiger partial charge is 0.549 e. The Balaban J connectivity index is 0.000000882. The van der Waals surface area contributed by atoms with Crippen molar-refractivity contribution in [2.45, 2.75) is 52.4 Å². The van der Waals surface area contributed by atoms with Gasteiger partial charge in [-0.05, 0) is 61.1 Å². The van der Waals surface area contributed by atoms with E-state index < -0.39 is 61.9 Å². The number of anilines is 2.